The molecule has 1 aromatic carbocycles. The van der Waals surface area contributed by atoms with Gasteiger partial charge in [0.05, 0.1) is 18.0 Å². The van der Waals surface area contributed by atoms with E-state index in [0.29, 0.717) is 49.4 Å². The molecular formula is C29H41N5O3. The molecule has 0 saturated carbocycles. The first-order valence-electron chi connectivity index (χ1n) is 13.7. The molecule has 2 heterocycles. The number of β-amino-alcohol motifs (C(OH)–C–C–N with tert-alkyl or cyclic N) is 1. The van der Waals surface area contributed by atoms with Crippen LogP contribution in [0.3, 0.4) is 0 Å². The van der Waals surface area contributed by atoms with Crippen LogP contribution in [0.25, 0.3) is 0 Å². The maximum absolute atomic E-state index is 13.1. The quantitative estimate of drug-likeness (QED) is 0.408. The molecule has 1 saturated heterocycles. The third-order valence-corrected chi connectivity index (χ3v) is 7.67. The molecule has 4 rings (SSSR count). The first-order valence-corrected chi connectivity index (χ1v) is 13.7. The van der Waals surface area contributed by atoms with Crippen LogP contribution in [0.5, 0.6) is 0 Å². The van der Waals surface area contributed by atoms with Crippen molar-refractivity contribution in [3.05, 3.63) is 58.7 Å². The molecular weight excluding hydrogens is 466 g/mol. The fourth-order valence-corrected chi connectivity index (χ4v) is 5.60. The van der Waals surface area contributed by atoms with Crippen molar-refractivity contribution in [2.24, 2.45) is 16.5 Å². The Bertz CT molecular complexity index is 1060. The minimum absolute atomic E-state index is 0.0322. The number of amides is 2. The Labute approximate surface area is 219 Å². The molecule has 0 aromatic heterocycles. The molecule has 0 radical (unpaired) electrons. The zero-order chi connectivity index (χ0) is 26.4. The third-order valence-electron chi connectivity index (χ3n) is 7.67. The average Bonchev–Trinajstić information content (AvgIpc) is 3.25. The minimum Gasteiger partial charge on any atom is -0.391 e. The van der Waals surface area contributed by atoms with Gasteiger partial charge < -0.3 is 26.8 Å². The number of nitrogens with two attached hydrogens (primary N) is 2. The van der Waals surface area contributed by atoms with Gasteiger partial charge in [0, 0.05) is 36.7 Å². The molecule has 1 aromatic rings. The number of rotatable bonds is 9. The number of amidine groups is 1. The van der Waals surface area contributed by atoms with Crippen molar-refractivity contribution in [1.29, 1.82) is 0 Å². The molecule has 8 heteroatoms. The SMILES string of the molecule is CCC[C@H](CCCN)NC(=O)C1=CC2=CCC(c3ccc(C(=O)N4CCC(O)C4)cc3)CC2N=C(N)C1. The van der Waals surface area contributed by atoms with Crippen LogP contribution >= 0.6 is 0 Å². The van der Waals surface area contributed by atoms with Gasteiger partial charge in [0.2, 0.25) is 5.91 Å². The highest BCUT2D eigenvalue weighted by Crippen LogP contribution is 2.36. The van der Waals surface area contributed by atoms with E-state index in [4.69, 9.17) is 16.5 Å². The van der Waals surface area contributed by atoms with E-state index in [9.17, 15) is 14.7 Å². The van der Waals surface area contributed by atoms with Crippen LogP contribution < -0.4 is 16.8 Å². The summed E-state index contributed by atoms with van der Waals surface area (Å²) in [7, 11) is 0. The summed E-state index contributed by atoms with van der Waals surface area (Å²) in [5.41, 5.74) is 15.5. The molecule has 0 bridgehead atoms. The van der Waals surface area contributed by atoms with E-state index in [2.05, 4.69) is 18.3 Å². The largest absolute Gasteiger partial charge is 0.391 e. The first kappa shape index (κ1) is 27.1. The van der Waals surface area contributed by atoms with Gasteiger partial charge in [0.15, 0.2) is 0 Å². The van der Waals surface area contributed by atoms with Gasteiger partial charge in [-0.3, -0.25) is 14.6 Å². The first-order chi connectivity index (χ1) is 17.9. The summed E-state index contributed by atoms with van der Waals surface area (Å²) in [6.07, 6.45) is 10.1. The van der Waals surface area contributed by atoms with Crippen molar-refractivity contribution in [2.75, 3.05) is 19.6 Å². The number of aliphatic hydroxyl groups excluding tert-OH is 1. The number of likely N-dealkylation sites (tertiary alicyclic amines) is 1. The molecule has 200 valence electrons. The van der Waals surface area contributed by atoms with E-state index >= 15 is 0 Å². The molecule has 1 fully saturated rings. The molecule has 3 unspecified atom stereocenters. The van der Waals surface area contributed by atoms with E-state index in [-0.39, 0.29) is 29.8 Å². The van der Waals surface area contributed by atoms with Gasteiger partial charge in [0.25, 0.3) is 5.91 Å². The fourth-order valence-electron chi connectivity index (χ4n) is 5.60. The van der Waals surface area contributed by atoms with Crippen LogP contribution in [-0.4, -0.2) is 65.5 Å². The highest BCUT2D eigenvalue weighted by Gasteiger charge is 2.29. The van der Waals surface area contributed by atoms with Crippen molar-refractivity contribution in [3.63, 3.8) is 0 Å². The summed E-state index contributed by atoms with van der Waals surface area (Å²) in [5.74, 6) is 0.647. The van der Waals surface area contributed by atoms with Gasteiger partial charge in [0.1, 0.15) is 0 Å². The van der Waals surface area contributed by atoms with E-state index in [0.717, 1.165) is 49.7 Å². The van der Waals surface area contributed by atoms with E-state index in [1.807, 2.05) is 30.3 Å². The van der Waals surface area contributed by atoms with Gasteiger partial charge in [-0.25, -0.2) is 0 Å². The van der Waals surface area contributed by atoms with E-state index in [1.165, 1.54) is 0 Å². The smallest absolute Gasteiger partial charge is 0.253 e. The molecule has 2 aliphatic heterocycles. The summed E-state index contributed by atoms with van der Waals surface area (Å²) >= 11 is 0. The normalized spacial score (nSPS) is 24.4. The summed E-state index contributed by atoms with van der Waals surface area (Å²) in [6, 6.07) is 7.85. The highest BCUT2D eigenvalue weighted by atomic mass is 16.3. The number of hydrogen-bond acceptors (Lipinski definition) is 6. The number of nitrogens with one attached hydrogen (secondary N) is 1. The summed E-state index contributed by atoms with van der Waals surface area (Å²) in [6.45, 7) is 3.74. The number of aliphatic imine (C=N–C) groups is 1. The molecule has 4 atom stereocenters. The Morgan fingerprint density at radius 1 is 1.24 bits per heavy atom. The Balaban J connectivity index is 1.44. The minimum atomic E-state index is -0.423. The zero-order valence-electron chi connectivity index (χ0n) is 21.9. The second-order valence-electron chi connectivity index (χ2n) is 10.6. The average molecular weight is 508 g/mol. The Kier molecular flexibility index (Phi) is 9.16. The van der Waals surface area contributed by atoms with Crippen LogP contribution in [0, 0.1) is 0 Å². The lowest BCUT2D eigenvalue weighted by Crippen LogP contribution is -2.36. The number of carbonyl (C=O) groups excluding carboxylic acids is 2. The predicted molar refractivity (Wildman–Crippen MR) is 146 cm³/mol. The van der Waals surface area contributed by atoms with Crippen LogP contribution in [0.4, 0.5) is 0 Å². The van der Waals surface area contributed by atoms with Crippen LogP contribution in [-0.2, 0) is 4.79 Å². The predicted octanol–water partition coefficient (Wildman–Crippen LogP) is 2.78. The second-order valence-corrected chi connectivity index (χ2v) is 10.6. The number of carbonyl (C=O) groups is 2. The maximum atomic E-state index is 13.1. The van der Waals surface area contributed by atoms with Gasteiger partial charge in [-0.2, -0.15) is 0 Å². The standard InChI is InChI=1S/C29H41N5O3/c1-2-4-24(5-3-13-30)32-28(36)23-15-22-11-10-21(16-26(22)33-27(31)17-23)19-6-8-20(9-7-19)29(37)34-14-12-25(35)18-34/h6-9,11,15,21,24-26,35H,2-5,10,12-14,16-18,30H2,1H3,(H2,31,33)(H,32,36)/t21?,24-,25?,26?/m1/s1. The van der Waals surface area contributed by atoms with Gasteiger partial charge in [-0.1, -0.05) is 31.6 Å². The van der Waals surface area contributed by atoms with Crippen LogP contribution in [0.1, 0.15) is 80.1 Å². The molecule has 3 aliphatic rings. The van der Waals surface area contributed by atoms with Crippen molar-refractivity contribution >= 4 is 17.6 Å². The highest BCUT2D eigenvalue weighted by molar-refractivity contribution is 6.00. The molecule has 37 heavy (non-hydrogen) atoms. The summed E-state index contributed by atoms with van der Waals surface area (Å²) in [5, 5.41) is 12.9. The van der Waals surface area contributed by atoms with Crippen molar-refractivity contribution in [3.8, 4) is 0 Å². The lowest BCUT2D eigenvalue weighted by atomic mass is 9.81. The van der Waals surface area contributed by atoms with Gasteiger partial charge in [-0.15, -0.1) is 0 Å². The second kappa shape index (κ2) is 12.5. The topological polar surface area (TPSA) is 134 Å². The molecule has 0 spiro atoms. The number of aliphatic hydroxyl groups is 1. The van der Waals surface area contributed by atoms with Crippen LogP contribution in [0.15, 0.2) is 52.6 Å². The van der Waals surface area contributed by atoms with Crippen LogP contribution in [0.2, 0.25) is 0 Å². The number of nitrogens with zero attached hydrogens (tertiary/aromatic N) is 2. The Morgan fingerprint density at radius 3 is 2.70 bits per heavy atom. The lowest BCUT2D eigenvalue weighted by molar-refractivity contribution is -0.118. The number of allylic oxidation sites excluding steroid dienone is 1. The Hall–Kier alpha value is -2.97. The zero-order valence-corrected chi connectivity index (χ0v) is 21.9. The summed E-state index contributed by atoms with van der Waals surface area (Å²) in [4.78, 5) is 32.3. The Morgan fingerprint density at radius 2 is 2.03 bits per heavy atom. The molecule has 1 aliphatic carbocycles. The number of fused-ring (bicyclic) bond motifs is 1. The number of benzene rings is 1. The van der Waals surface area contributed by atoms with Gasteiger partial charge >= 0.3 is 0 Å². The third kappa shape index (κ3) is 6.87. The lowest BCUT2D eigenvalue weighted by Gasteiger charge is -2.27. The monoisotopic (exact) mass is 507 g/mol. The van der Waals surface area contributed by atoms with Gasteiger partial charge in [-0.05, 0) is 80.3 Å². The molecule has 8 nitrogen and oxygen atoms in total. The summed E-state index contributed by atoms with van der Waals surface area (Å²) < 4.78 is 0. The van der Waals surface area contributed by atoms with E-state index in [1.54, 1.807) is 4.90 Å². The molecule has 2 amide bonds. The maximum Gasteiger partial charge on any atom is 0.253 e. The van der Waals surface area contributed by atoms with Crippen molar-refractivity contribution in [2.45, 2.75) is 82.4 Å². The van der Waals surface area contributed by atoms with Crippen molar-refractivity contribution < 1.29 is 14.7 Å². The fraction of sp³-hybridized carbons (Fsp3) is 0.552. The van der Waals surface area contributed by atoms with E-state index < -0.39 is 6.10 Å². The van der Waals surface area contributed by atoms with Crippen molar-refractivity contribution in [1.82, 2.24) is 10.2 Å². The number of hydrogen-bond donors (Lipinski definition) is 4. The molecule has 6 N–H and O–H groups in total.